The normalized spacial score (nSPS) is 12.7. The fourth-order valence-electron chi connectivity index (χ4n) is 1.50. The Kier molecular flexibility index (Phi) is 7.12. The Morgan fingerprint density at radius 1 is 1.31 bits per heavy atom. The van der Waals surface area contributed by atoms with Gasteiger partial charge in [-0.25, -0.2) is 0 Å². The van der Waals surface area contributed by atoms with Gasteiger partial charge in [-0.15, -0.1) is 0 Å². The number of thiol groups is 1. The van der Waals surface area contributed by atoms with Gasteiger partial charge in [0.1, 0.15) is 0 Å². The fraction of sp³-hybridized carbons (Fsp3) is 0.500. The van der Waals surface area contributed by atoms with E-state index < -0.39 is 0 Å². The van der Waals surface area contributed by atoms with E-state index in [0.717, 1.165) is 28.6 Å². The van der Waals surface area contributed by atoms with Gasteiger partial charge in [0.2, 0.25) is 0 Å². The van der Waals surface area contributed by atoms with Gasteiger partial charge in [-0.1, -0.05) is 28.1 Å². The van der Waals surface area contributed by atoms with Gasteiger partial charge < -0.3 is 9.84 Å². The summed E-state index contributed by atoms with van der Waals surface area (Å²) in [6.07, 6.45) is 2.01. The van der Waals surface area contributed by atoms with E-state index >= 15 is 0 Å². The van der Waals surface area contributed by atoms with Crippen LogP contribution in [0.2, 0.25) is 0 Å². The zero-order valence-electron chi connectivity index (χ0n) is 9.10. The molecule has 0 aliphatic heterocycles. The molecule has 0 spiro atoms. The molecule has 0 aliphatic carbocycles. The van der Waals surface area contributed by atoms with E-state index in [1.165, 1.54) is 0 Å². The van der Waals surface area contributed by atoms with Crippen LogP contribution in [0.3, 0.4) is 0 Å². The smallest absolute Gasteiger partial charge is 0.0826 e. The van der Waals surface area contributed by atoms with Crippen molar-refractivity contribution in [3.8, 4) is 0 Å². The second-order valence-electron chi connectivity index (χ2n) is 3.50. The summed E-state index contributed by atoms with van der Waals surface area (Å²) in [6, 6.07) is 8.10. The summed E-state index contributed by atoms with van der Waals surface area (Å²) in [6.45, 7) is 0.446. The van der Waals surface area contributed by atoms with Crippen molar-refractivity contribution in [2.45, 2.75) is 18.9 Å². The minimum Gasteiger partial charge on any atom is -0.394 e. The molecule has 0 aromatic heterocycles. The van der Waals surface area contributed by atoms with Crippen LogP contribution in [-0.2, 0) is 4.74 Å². The Hall–Kier alpha value is -0.0300. The molecule has 1 unspecified atom stereocenters. The summed E-state index contributed by atoms with van der Waals surface area (Å²) in [5.74, 6) is 0.857. The zero-order valence-corrected chi connectivity index (χ0v) is 11.6. The molecule has 0 saturated heterocycles. The van der Waals surface area contributed by atoms with Crippen molar-refractivity contribution >= 4 is 28.6 Å². The van der Waals surface area contributed by atoms with E-state index in [2.05, 4.69) is 28.6 Å². The van der Waals surface area contributed by atoms with Crippen molar-refractivity contribution in [2.24, 2.45) is 0 Å². The van der Waals surface area contributed by atoms with Gasteiger partial charge in [-0.3, -0.25) is 0 Å². The molecule has 1 aromatic rings. The van der Waals surface area contributed by atoms with Crippen LogP contribution >= 0.6 is 28.6 Å². The first kappa shape index (κ1) is 14.0. The number of hydrogen-bond acceptors (Lipinski definition) is 3. The molecular weight excluding hydrogens is 288 g/mol. The summed E-state index contributed by atoms with van der Waals surface area (Å²) in [5.41, 5.74) is 1.15. The van der Waals surface area contributed by atoms with E-state index in [0.29, 0.717) is 6.61 Å². The summed E-state index contributed by atoms with van der Waals surface area (Å²) >= 11 is 7.61. The predicted octanol–water partition coefficient (Wildman–Crippen LogP) is 3.21. The summed E-state index contributed by atoms with van der Waals surface area (Å²) in [5, 5.41) is 8.78. The Balaban J connectivity index is 2.62. The van der Waals surface area contributed by atoms with Crippen LogP contribution in [0.4, 0.5) is 0 Å². The maximum atomic E-state index is 8.78. The van der Waals surface area contributed by atoms with Crippen LogP contribution in [0.1, 0.15) is 24.5 Å². The molecule has 90 valence electrons. The lowest BCUT2D eigenvalue weighted by Gasteiger charge is -2.17. The zero-order chi connectivity index (χ0) is 11.8. The Morgan fingerprint density at radius 2 is 2.00 bits per heavy atom. The van der Waals surface area contributed by atoms with Gasteiger partial charge >= 0.3 is 0 Å². The van der Waals surface area contributed by atoms with E-state index in [4.69, 9.17) is 9.84 Å². The largest absolute Gasteiger partial charge is 0.394 e. The molecule has 1 aromatic carbocycles. The number of hydrogen-bond donors (Lipinski definition) is 2. The Bertz CT molecular complexity index is 282. The van der Waals surface area contributed by atoms with Crippen molar-refractivity contribution in [3.05, 3.63) is 34.3 Å². The fourth-order valence-corrected chi connectivity index (χ4v) is 1.94. The lowest BCUT2D eigenvalue weighted by molar-refractivity contribution is 0.0228. The molecule has 0 bridgehead atoms. The maximum Gasteiger partial charge on any atom is 0.0826 e. The molecule has 0 heterocycles. The highest BCUT2D eigenvalue weighted by molar-refractivity contribution is 9.10. The maximum absolute atomic E-state index is 8.78. The molecule has 0 radical (unpaired) electrons. The highest BCUT2D eigenvalue weighted by atomic mass is 79.9. The van der Waals surface area contributed by atoms with Crippen molar-refractivity contribution < 1.29 is 9.84 Å². The van der Waals surface area contributed by atoms with Gasteiger partial charge in [-0.2, -0.15) is 12.6 Å². The van der Waals surface area contributed by atoms with Gasteiger partial charge in [0, 0.05) is 4.47 Å². The average molecular weight is 305 g/mol. The third-order valence-corrected chi connectivity index (χ3v) is 3.12. The quantitative estimate of drug-likeness (QED) is 0.758. The van der Waals surface area contributed by atoms with Crippen LogP contribution in [0.25, 0.3) is 0 Å². The molecule has 0 aliphatic rings. The minimum atomic E-state index is 0.0624. The van der Waals surface area contributed by atoms with Gasteiger partial charge in [-0.05, 0) is 36.3 Å². The predicted molar refractivity (Wildman–Crippen MR) is 73.0 cm³/mol. The number of ether oxygens (including phenoxy) is 1. The average Bonchev–Trinajstić information content (AvgIpc) is 2.31. The SMILES string of the molecule is OCCOC(CCCS)c1ccc(Br)cc1. The summed E-state index contributed by atoms with van der Waals surface area (Å²) in [4.78, 5) is 0. The molecule has 0 amide bonds. The van der Waals surface area contributed by atoms with Crippen LogP contribution in [0.15, 0.2) is 28.7 Å². The first-order valence-electron chi connectivity index (χ1n) is 5.36. The lowest BCUT2D eigenvalue weighted by atomic mass is 10.1. The number of aliphatic hydroxyl groups is 1. The van der Waals surface area contributed by atoms with E-state index in [9.17, 15) is 0 Å². The third kappa shape index (κ3) is 4.87. The molecule has 16 heavy (non-hydrogen) atoms. The lowest BCUT2D eigenvalue weighted by Crippen LogP contribution is -2.08. The second kappa shape index (κ2) is 8.12. The van der Waals surface area contributed by atoms with Crippen LogP contribution < -0.4 is 0 Å². The first-order chi connectivity index (χ1) is 7.77. The summed E-state index contributed by atoms with van der Waals surface area (Å²) in [7, 11) is 0. The topological polar surface area (TPSA) is 29.5 Å². The molecule has 1 atom stereocenters. The van der Waals surface area contributed by atoms with Crippen molar-refractivity contribution in [2.75, 3.05) is 19.0 Å². The van der Waals surface area contributed by atoms with Crippen molar-refractivity contribution in [1.29, 1.82) is 0 Å². The van der Waals surface area contributed by atoms with E-state index in [-0.39, 0.29) is 12.7 Å². The highest BCUT2D eigenvalue weighted by Gasteiger charge is 2.11. The van der Waals surface area contributed by atoms with Gasteiger partial charge in [0.25, 0.3) is 0 Å². The second-order valence-corrected chi connectivity index (χ2v) is 4.86. The van der Waals surface area contributed by atoms with Crippen molar-refractivity contribution in [3.63, 3.8) is 0 Å². The van der Waals surface area contributed by atoms with Crippen LogP contribution in [-0.4, -0.2) is 24.1 Å². The number of aliphatic hydroxyl groups excluding tert-OH is 1. The monoisotopic (exact) mass is 304 g/mol. The molecule has 0 fully saturated rings. The summed E-state index contributed by atoms with van der Waals surface area (Å²) < 4.78 is 6.68. The molecule has 0 saturated carbocycles. The van der Waals surface area contributed by atoms with Gasteiger partial charge in [0.05, 0.1) is 19.3 Å². The van der Waals surface area contributed by atoms with Crippen molar-refractivity contribution in [1.82, 2.24) is 0 Å². The molecule has 4 heteroatoms. The van der Waals surface area contributed by atoms with E-state index in [1.54, 1.807) is 0 Å². The standard InChI is InChI=1S/C12H17BrO2S/c13-11-5-3-10(4-6-11)12(2-1-9-16)15-8-7-14/h3-6,12,14,16H,1-2,7-9H2. The highest BCUT2D eigenvalue weighted by Crippen LogP contribution is 2.24. The number of benzene rings is 1. The number of rotatable bonds is 7. The molecule has 1 N–H and O–H groups in total. The Labute approximate surface area is 111 Å². The third-order valence-electron chi connectivity index (χ3n) is 2.28. The van der Waals surface area contributed by atoms with E-state index in [1.807, 2.05) is 24.3 Å². The first-order valence-corrected chi connectivity index (χ1v) is 6.79. The van der Waals surface area contributed by atoms with Crippen LogP contribution in [0.5, 0.6) is 0 Å². The number of halogens is 1. The Morgan fingerprint density at radius 3 is 2.56 bits per heavy atom. The minimum absolute atomic E-state index is 0.0624. The van der Waals surface area contributed by atoms with Crippen LogP contribution in [0, 0.1) is 0 Å². The molecule has 2 nitrogen and oxygen atoms in total. The van der Waals surface area contributed by atoms with Gasteiger partial charge in [0.15, 0.2) is 0 Å². The molecule has 1 rings (SSSR count). The molecular formula is C12H17BrO2S.